The van der Waals surface area contributed by atoms with E-state index in [1.807, 2.05) is 67.6 Å². The van der Waals surface area contributed by atoms with Crippen LogP contribution in [-0.2, 0) is 17.6 Å². The molecule has 2 aromatic heterocycles. The number of hydrogen-bond donors (Lipinski definition) is 1. The number of benzene rings is 2. The number of allylic oxidation sites excluding steroid dienone is 1. The number of nitrogens with zero attached hydrogens (tertiary/aromatic N) is 3. The number of rotatable bonds is 7. The third kappa shape index (κ3) is 5.34. The molecule has 0 radical (unpaired) electrons. The fourth-order valence-corrected chi connectivity index (χ4v) is 6.35. The van der Waals surface area contributed by atoms with Crippen LogP contribution < -0.4 is 11.0 Å². The molecule has 0 aliphatic heterocycles. The fraction of sp³-hybridized carbons (Fsp3) is 0.214. The third-order valence-corrected chi connectivity index (χ3v) is 8.15. The van der Waals surface area contributed by atoms with Gasteiger partial charge in [0, 0.05) is 11.1 Å². The van der Waals surface area contributed by atoms with Crippen molar-refractivity contribution in [1.29, 1.82) is 0 Å². The van der Waals surface area contributed by atoms with Crippen molar-refractivity contribution >= 4 is 51.5 Å². The van der Waals surface area contributed by atoms with E-state index < -0.39 is 0 Å². The van der Waals surface area contributed by atoms with E-state index in [1.165, 1.54) is 22.9 Å². The standard InChI is InChI=1S/C28H26N4O2S2/c1-19-13-15-21(16-14-19)32-27(34)25-22-11-5-6-12-23(22)36-26(25)30-28(32)35-18-24(33)31-29-17-7-10-20-8-3-2-4-9-20/h2-4,7-10,13-17H,5-6,11-12,18H2,1H3,(H,31,33)/b10-7+,29-17-. The molecule has 1 amide bonds. The van der Waals surface area contributed by atoms with E-state index in [4.69, 9.17) is 4.98 Å². The summed E-state index contributed by atoms with van der Waals surface area (Å²) in [6.45, 7) is 2.01. The van der Waals surface area contributed by atoms with E-state index >= 15 is 0 Å². The van der Waals surface area contributed by atoms with E-state index in [1.54, 1.807) is 22.0 Å². The number of thiophene rings is 1. The van der Waals surface area contributed by atoms with Gasteiger partial charge in [-0.3, -0.25) is 14.2 Å². The summed E-state index contributed by atoms with van der Waals surface area (Å²) in [5.74, 6) is -0.172. The number of hydrogen-bond acceptors (Lipinski definition) is 6. The molecule has 0 atom stereocenters. The van der Waals surface area contributed by atoms with E-state index in [-0.39, 0.29) is 17.2 Å². The average Bonchev–Trinajstić information content (AvgIpc) is 3.27. The Morgan fingerprint density at radius 1 is 1.14 bits per heavy atom. The average molecular weight is 515 g/mol. The van der Waals surface area contributed by atoms with Crippen LogP contribution >= 0.6 is 23.1 Å². The van der Waals surface area contributed by atoms with Crippen molar-refractivity contribution in [3.63, 3.8) is 0 Å². The van der Waals surface area contributed by atoms with Crippen molar-refractivity contribution in [3.05, 3.63) is 92.6 Å². The van der Waals surface area contributed by atoms with Crippen LogP contribution in [0.5, 0.6) is 0 Å². The summed E-state index contributed by atoms with van der Waals surface area (Å²) in [7, 11) is 0. The minimum atomic E-state index is -0.264. The van der Waals surface area contributed by atoms with Crippen molar-refractivity contribution in [2.24, 2.45) is 5.10 Å². The van der Waals surface area contributed by atoms with Gasteiger partial charge >= 0.3 is 0 Å². The first kappa shape index (κ1) is 24.2. The molecule has 0 bridgehead atoms. The number of carbonyl (C=O) groups is 1. The smallest absolute Gasteiger partial charge is 0.267 e. The second kappa shape index (κ2) is 11.1. The van der Waals surface area contributed by atoms with Crippen molar-refractivity contribution in [2.45, 2.75) is 37.8 Å². The van der Waals surface area contributed by atoms with Gasteiger partial charge in [0.05, 0.1) is 16.8 Å². The van der Waals surface area contributed by atoms with E-state index in [2.05, 4.69) is 10.5 Å². The predicted molar refractivity (Wildman–Crippen MR) is 149 cm³/mol. The van der Waals surface area contributed by atoms with Crippen LogP contribution in [-0.4, -0.2) is 27.4 Å². The number of thioether (sulfide) groups is 1. The summed E-state index contributed by atoms with van der Waals surface area (Å²) in [4.78, 5) is 33.1. The van der Waals surface area contributed by atoms with Gasteiger partial charge in [0.1, 0.15) is 4.83 Å². The highest BCUT2D eigenvalue weighted by atomic mass is 32.2. The molecule has 0 fully saturated rings. The maximum absolute atomic E-state index is 13.8. The second-order valence-corrected chi connectivity index (χ2v) is 10.7. The lowest BCUT2D eigenvalue weighted by molar-refractivity contribution is -0.118. The largest absolute Gasteiger partial charge is 0.272 e. The third-order valence-electron chi connectivity index (χ3n) is 6.02. The summed E-state index contributed by atoms with van der Waals surface area (Å²) in [6.07, 6.45) is 9.39. The van der Waals surface area contributed by atoms with Crippen LogP contribution in [0.2, 0.25) is 0 Å². The van der Waals surface area contributed by atoms with Crippen LogP contribution in [0, 0.1) is 6.92 Å². The molecule has 0 saturated heterocycles. The monoisotopic (exact) mass is 514 g/mol. The topological polar surface area (TPSA) is 76.3 Å². The minimum absolute atomic E-state index is 0.0600. The Balaban J connectivity index is 1.37. The number of nitrogens with one attached hydrogen (secondary N) is 1. The van der Waals surface area contributed by atoms with Gasteiger partial charge in [0.2, 0.25) is 0 Å². The Morgan fingerprint density at radius 2 is 1.92 bits per heavy atom. The molecule has 0 unspecified atom stereocenters. The Kier molecular flexibility index (Phi) is 7.44. The molecule has 5 rings (SSSR count). The first-order chi connectivity index (χ1) is 17.6. The quantitative estimate of drug-likeness (QED) is 0.152. The molecule has 1 aliphatic rings. The van der Waals surface area contributed by atoms with Crippen LogP contribution in [0.3, 0.4) is 0 Å². The summed E-state index contributed by atoms with van der Waals surface area (Å²) in [5, 5.41) is 5.24. The molecule has 36 heavy (non-hydrogen) atoms. The normalized spacial score (nSPS) is 13.5. The van der Waals surface area contributed by atoms with Gasteiger partial charge in [-0.05, 0) is 61.9 Å². The molecule has 8 heteroatoms. The van der Waals surface area contributed by atoms with E-state index in [9.17, 15) is 9.59 Å². The van der Waals surface area contributed by atoms with Crippen molar-refractivity contribution in [2.75, 3.05) is 5.75 Å². The summed E-state index contributed by atoms with van der Waals surface area (Å²) < 4.78 is 1.65. The molecule has 0 spiro atoms. The van der Waals surface area contributed by atoms with Crippen LogP contribution in [0.25, 0.3) is 22.0 Å². The van der Waals surface area contributed by atoms with Gasteiger partial charge in [0.25, 0.3) is 11.5 Å². The molecule has 2 aromatic carbocycles. The van der Waals surface area contributed by atoms with E-state index in [0.717, 1.165) is 58.3 Å². The van der Waals surface area contributed by atoms with Gasteiger partial charge in [-0.25, -0.2) is 10.4 Å². The molecule has 2 heterocycles. The van der Waals surface area contributed by atoms with Gasteiger partial charge in [-0.1, -0.05) is 65.9 Å². The lowest BCUT2D eigenvalue weighted by atomic mass is 9.97. The molecule has 1 N–H and O–H groups in total. The van der Waals surface area contributed by atoms with Gasteiger partial charge < -0.3 is 0 Å². The zero-order chi connectivity index (χ0) is 24.9. The Labute approximate surface area is 217 Å². The van der Waals surface area contributed by atoms with Gasteiger partial charge in [-0.15, -0.1) is 11.3 Å². The van der Waals surface area contributed by atoms with Crippen LogP contribution in [0.1, 0.15) is 34.4 Å². The Bertz CT molecular complexity index is 1500. The molecule has 0 saturated carbocycles. The zero-order valence-corrected chi connectivity index (χ0v) is 21.6. The van der Waals surface area contributed by atoms with Gasteiger partial charge in [0.15, 0.2) is 5.16 Å². The molecule has 1 aliphatic carbocycles. The fourth-order valence-electron chi connectivity index (χ4n) is 4.24. The maximum Gasteiger partial charge on any atom is 0.267 e. The number of carbonyl (C=O) groups excluding carboxylic acids is 1. The number of fused-ring (bicyclic) bond motifs is 3. The lowest BCUT2D eigenvalue weighted by Gasteiger charge is -2.13. The number of amides is 1. The highest BCUT2D eigenvalue weighted by Gasteiger charge is 2.23. The minimum Gasteiger partial charge on any atom is -0.272 e. The molecular formula is C28H26N4O2S2. The summed E-state index contributed by atoms with van der Waals surface area (Å²) in [6, 6.07) is 17.7. The molecule has 6 nitrogen and oxygen atoms in total. The molecular weight excluding hydrogens is 488 g/mol. The highest BCUT2D eigenvalue weighted by molar-refractivity contribution is 7.99. The lowest BCUT2D eigenvalue weighted by Crippen LogP contribution is -2.24. The molecule has 4 aromatic rings. The number of aromatic nitrogens is 2. The Hall–Kier alpha value is -3.49. The van der Waals surface area contributed by atoms with Crippen LogP contribution in [0.15, 0.2) is 75.7 Å². The summed E-state index contributed by atoms with van der Waals surface area (Å²) >= 11 is 2.86. The number of aryl methyl sites for hydroxylation is 3. The number of hydrazone groups is 1. The predicted octanol–water partition coefficient (Wildman–Crippen LogP) is 5.54. The SMILES string of the molecule is Cc1ccc(-n2c(SCC(=O)N/N=C\C=C\c3ccccc3)nc3sc4c(c3c2=O)CCCC4)cc1. The highest BCUT2D eigenvalue weighted by Crippen LogP contribution is 2.35. The Morgan fingerprint density at radius 3 is 2.72 bits per heavy atom. The first-order valence-corrected chi connectivity index (χ1v) is 13.7. The zero-order valence-electron chi connectivity index (χ0n) is 19.9. The van der Waals surface area contributed by atoms with E-state index in [0.29, 0.717) is 5.16 Å². The summed E-state index contributed by atoms with van der Waals surface area (Å²) in [5.41, 5.74) is 6.56. The van der Waals surface area contributed by atoms with Crippen molar-refractivity contribution in [1.82, 2.24) is 15.0 Å². The van der Waals surface area contributed by atoms with Crippen LogP contribution in [0.4, 0.5) is 0 Å². The van der Waals surface area contributed by atoms with Gasteiger partial charge in [-0.2, -0.15) is 5.10 Å². The van der Waals surface area contributed by atoms with Crippen molar-refractivity contribution < 1.29 is 4.79 Å². The molecule has 182 valence electrons. The maximum atomic E-state index is 13.8. The second-order valence-electron chi connectivity index (χ2n) is 8.63. The van der Waals surface area contributed by atoms with Crippen molar-refractivity contribution in [3.8, 4) is 5.69 Å². The first-order valence-electron chi connectivity index (χ1n) is 11.9.